The van der Waals surface area contributed by atoms with E-state index in [-0.39, 0.29) is 6.54 Å². The standard InChI is InChI=1S/C14H20N2O3/c1-19-13-5-4-10(16-6-2-3-7-16)8-11(13)12(9-15)14(17)18/h4-5,8,12H,2-3,6-7,9,15H2,1H3,(H,17,18). The SMILES string of the molecule is COc1ccc(N2CCCC2)cc1C(CN)C(=O)O. The lowest BCUT2D eigenvalue weighted by Crippen LogP contribution is -2.23. The van der Waals surface area contributed by atoms with E-state index >= 15 is 0 Å². The molecule has 0 bridgehead atoms. The number of methoxy groups -OCH3 is 1. The molecule has 1 unspecified atom stereocenters. The maximum absolute atomic E-state index is 11.3. The minimum absolute atomic E-state index is 0.0646. The molecule has 104 valence electrons. The third kappa shape index (κ3) is 2.81. The van der Waals surface area contributed by atoms with Crippen LogP contribution in [0.3, 0.4) is 0 Å². The first kappa shape index (κ1) is 13.7. The minimum atomic E-state index is -0.917. The van der Waals surface area contributed by atoms with Gasteiger partial charge in [-0.3, -0.25) is 4.79 Å². The second-order valence-corrected chi connectivity index (χ2v) is 4.75. The van der Waals surface area contributed by atoms with Crippen LogP contribution in [-0.2, 0) is 4.79 Å². The van der Waals surface area contributed by atoms with Gasteiger partial charge in [0.05, 0.1) is 13.0 Å². The number of nitrogens with zero attached hydrogens (tertiary/aromatic N) is 1. The molecule has 1 fully saturated rings. The molecule has 3 N–H and O–H groups in total. The zero-order valence-corrected chi connectivity index (χ0v) is 11.1. The van der Waals surface area contributed by atoms with Gasteiger partial charge in [-0.1, -0.05) is 0 Å². The Balaban J connectivity index is 2.37. The fourth-order valence-electron chi connectivity index (χ4n) is 2.53. The predicted molar refractivity (Wildman–Crippen MR) is 73.9 cm³/mol. The van der Waals surface area contributed by atoms with E-state index < -0.39 is 11.9 Å². The van der Waals surface area contributed by atoms with Gasteiger partial charge < -0.3 is 20.5 Å². The second kappa shape index (κ2) is 5.93. The summed E-state index contributed by atoms with van der Waals surface area (Å²) >= 11 is 0. The lowest BCUT2D eigenvalue weighted by atomic mass is 9.97. The van der Waals surface area contributed by atoms with Crippen LogP contribution >= 0.6 is 0 Å². The van der Waals surface area contributed by atoms with Gasteiger partial charge >= 0.3 is 5.97 Å². The van der Waals surface area contributed by atoms with Crippen molar-refractivity contribution in [3.05, 3.63) is 23.8 Å². The zero-order valence-electron chi connectivity index (χ0n) is 11.1. The Morgan fingerprint density at radius 2 is 2.16 bits per heavy atom. The molecule has 0 saturated carbocycles. The van der Waals surface area contributed by atoms with Gasteiger partial charge in [0.2, 0.25) is 0 Å². The summed E-state index contributed by atoms with van der Waals surface area (Å²) in [6, 6.07) is 5.70. The fourth-order valence-corrected chi connectivity index (χ4v) is 2.53. The van der Waals surface area contributed by atoms with Gasteiger partial charge in [0.1, 0.15) is 5.75 Å². The van der Waals surface area contributed by atoms with Crippen molar-refractivity contribution in [2.75, 3.05) is 31.6 Å². The Morgan fingerprint density at radius 1 is 1.47 bits per heavy atom. The van der Waals surface area contributed by atoms with Crippen LogP contribution in [0, 0.1) is 0 Å². The molecular formula is C14H20N2O3. The quantitative estimate of drug-likeness (QED) is 0.841. The number of nitrogens with two attached hydrogens (primary N) is 1. The number of hydrogen-bond acceptors (Lipinski definition) is 4. The van der Waals surface area contributed by atoms with E-state index in [4.69, 9.17) is 10.5 Å². The van der Waals surface area contributed by atoms with E-state index in [1.807, 2.05) is 18.2 Å². The Kier molecular flexibility index (Phi) is 4.27. The Bertz CT molecular complexity index is 456. The first-order chi connectivity index (χ1) is 9.17. The van der Waals surface area contributed by atoms with Crippen LogP contribution in [0.1, 0.15) is 24.3 Å². The Hall–Kier alpha value is -1.75. The third-order valence-corrected chi connectivity index (χ3v) is 3.59. The van der Waals surface area contributed by atoms with Crippen LogP contribution in [0.15, 0.2) is 18.2 Å². The monoisotopic (exact) mass is 264 g/mol. The summed E-state index contributed by atoms with van der Waals surface area (Å²) in [6.07, 6.45) is 2.36. The maximum Gasteiger partial charge on any atom is 0.312 e. The summed E-state index contributed by atoms with van der Waals surface area (Å²) in [6.45, 7) is 2.10. The van der Waals surface area contributed by atoms with Crippen molar-refractivity contribution in [2.24, 2.45) is 5.73 Å². The van der Waals surface area contributed by atoms with Gasteiger partial charge in [-0.05, 0) is 31.0 Å². The molecule has 5 nitrogen and oxygen atoms in total. The van der Waals surface area contributed by atoms with E-state index in [0.29, 0.717) is 11.3 Å². The number of ether oxygens (including phenoxy) is 1. The molecule has 1 saturated heterocycles. The molecular weight excluding hydrogens is 244 g/mol. The largest absolute Gasteiger partial charge is 0.496 e. The normalized spacial score (nSPS) is 16.4. The van der Waals surface area contributed by atoms with E-state index in [2.05, 4.69) is 4.90 Å². The van der Waals surface area contributed by atoms with Crippen LogP contribution in [0.25, 0.3) is 0 Å². The third-order valence-electron chi connectivity index (χ3n) is 3.59. The van der Waals surface area contributed by atoms with Crippen molar-refractivity contribution in [3.8, 4) is 5.75 Å². The van der Waals surface area contributed by atoms with E-state index in [0.717, 1.165) is 18.8 Å². The number of aliphatic carboxylic acids is 1. The molecule has 1 aliphatic rings. The van der Waals surface area contributed by atoms with Gasteiger partial charge in [0.15, 0.2) is 0 Å². The van der Waals surface area contributed by atoms with Gasteiger partial charge in [0.25, 0.3) is 0 Å². The lowest BCUT2D eigenvalue weighted by Gasteiger charge is -2.21. The maximum atomic E-state index is 11.3. The van der Waals surface area contributed by atoms with E-state index in [9.17, 15) is 9.90 Å². The summed E-state index contributed by atoms with van der Waals surface area (Å²) in [5.41, 5.74) is 7.29. The van der Waals surface area contributed by atoms with E-state index in [1.165, 1.54) is 12.8 Å². The second-order valence-electron chi connectivity index (χ2n) is 4.75. The van der Waals surface area contributed by atoms with Crippen LogP contribution in [0.2, 0.25) is 0 Å². The summed E-state index contributed by atoms with van der Waals surface area (Å²) in [7, 11) is 1.55. The molecule has 0 amide bonds. The molecule has 1 aliphatic heterocycles. The zero-order chi connectivity index (χ0) is 13.8. The average molecular weight is 264 g/mol. The first-order valence-corrected chi connectivity index (χ1v) is 6.53. The van der Waals surface area contributed by atoms with Crippen molar-refractivity contribution in [1.82, 2.24) is 0 Å². The molecule has 0 spiro atoms. The van der Waals surface area contributed by atoms with Crippen LogP contribution < -0.4 is 15.4 Å². The molecule has 0 aliphatic carbocycles. The highest BCUT2D eigenvalue weighted by molar-refractivity contribution is 5.78. The Morgan fingerprint density at radius 3 is 2.68 bits per heavy atom. The van der Waals surface area contributed by atoms with Gasteiger partial charge in [-0.2, -0.15) is 0 Å². The first-order valence-electron chi connectivity index (χ1n) is 6.53. The number of carboxylic acid groups (broad SMARTS) is 1. The van der Waals surface area contributed by atoms with Gasteiger partial charge in [0, 0.05) is 30.9 Å². The highest BCUT2D eigenvalue weighted by Gasteiger charge is 2.23. The molecule has 0 radical (unpaired) electrons. The summed E-state index contributed by atoms with van der Waals surface area (Å²) in [5.74, 6) is -1.06. The Labute approximate surface area is 113 Å². The van der Waals surface area contributed by atoms with Crippen molar-refractivity contribution in [3.63, 3.8) is 0 Å². The molecule has 5 heteroatoms. The average Bonchev–Trinajstić information content (AvgIpc) is 2.93. The topological polar surface area (TPSA) is 75.8 Å². The smallest absolute Gasteiger partial charge is 0.312 e. The molecule has 0 aromatic heterocycles. The summed E-state index contributed by atoms with van der Waals surface area (Å²) in [4.78, 5) is 13.5. The predicted octanol–water partition coefficient (Wildman–Crippen LogP) is 1.42. The summed E-state index contributed by atoms with van der Waals surface area (Å²) in [5, 5.41) is 9.25. The van der Waals surface area contributed by atoms with Crippen LogP contribution in [0.4, 0.5) is 5.69 Å². The van der Waals surface area contributed by atoms with Crippen LogP contribution in [-0.4, -0.2) is 37.8 Å². The van der Waals surface area contributed by atoms with Crippen molar-refractivity contribution < 1.29 is 14.6 Å². The summed E-state index contributed by atoms with van der Waals surface area (Å²) < 4.78 is 5.26. The van der Waals surface area contributed by atoms with Crippen LogP contribution in [0.5, 0.6) is 5.75 Å². The molecule has 1 aromatic rings. The highest BCUT2D eigenvalue weighted by atomic mass is 16.5. The number of carbonyl (C=O) groups is 1. The molecule has 2 rings (SSSR count). The molecule has 19 heavy (non-hydrogen) atoms. The van der Waals surface area contributed by atoms with Gasteiger partial charge in [-0.15, -0.1) is 0 Å². The highest BCUT2D eigenvalue weighted by Crippen LogP contribution is 2.32. The lowest BCUT2D eigenvalue weighted by molar-refractivity contribution is -0.138. The number of carboxylic acids is 1. The van der Waals surface area contributed by atoms with Crippen molar-refractivity contribution >= 4 is 11.7 Å². The molecule has 1 heterocycles. The fraction of sp³-hybridized carbons (Fsp3) is 0.500. The van der Waals surface area contributed by atoms with Crippen molar-refractivity contribution in [2.45, 2.75) is 18.8 Å². The van der Waals surface area contributed by atoms with Crippen molar-refractivity contribution in [1.29, 1.82) is 0 Å². The van der Waals surface area contributed by atoms with Gasteiger partial charge in [-0.25, -0.2) is 0 Å². The molecule has 1 aromatic carbocycles. The van der Waals surface area contributed by atoms with E-state index in [1.54, 1.807) is 7.11 Å². The number of anilines is 1. The minimum Gasteiger partial charge on any atom is -0.496 e. The molecule has 1 atom stereocenters. The number of benzene rings is 1. The number of hydrogen-bond donors (Lipinski definition) is 2. The number of rotatable bonds is 5.